The van der Waals surface area contributed by atoms with Crippen molar-refractivity contribution in [3.05, 3.63) is 63.7 Å². The number of carboxylic acid groups (broad SMARTS) is 1. The van der Waals surface area contributed by atoms with Crippen molar-refractivity contribution in [1.29, 1.82) is 0 Å². The molecule has 2 N–H and O–H groups in total. The second kappa shape index (κ2) is 16.3. The lowest BCUT2D eigenvalue weighted by Crippen LogP contribution is -2.45. The van der Waals surface area contributed by atoms with Crippen LogP contribution in [0, 0.1) is 23.6 Å². The van der Waals surface area contributed by atoms with Crippen molar-refractivity contribution >= 4 is 56.5 Å². The van der Waals surface area contributed by atoms with Gasteiger partial charge >= 0.3 is 5.97 Å². The van der Waals surface area contributed by atoms with E-state index in [4.69, 9.17) is 21.1 Å². The van der Waals surface area contributed by atoms with Gasteiger partial charge in [-0.1, -0.05) is 29.8 Å². The molecule has 2 saturated carbocycles. The van der Waals surface area contributed by atoms with Crippen molar-refractivity contribution < 1.29 is 33.4 Å². The first-order valence-corrected chi connectivity index (χ1v) is 19.7. The van der Waals surface area contributed by atoms with E-state index in [1.165, 1.54) is 23.5 Å². The zero-order chi connectivity index (χ0) is 35.5. The molecule has 4 aliphatic rings. The number of aliphatic carboxylic acids is 1. The van der Waals surface area contributed by atoms with Crippen LogP contribution in [0.1, 0.15) is 73.7 Å². The van der Waals surface area contributed by atoms with E-state index in [9.17, 15) is 19.5 Å². The van der Waals surface area contributed by atoms with Crippen LogP contribution in [0.5, 0.6) is 0 Å². The molecule has 4 fully saturated rings. The number of hydrogen-bond acceptors (Lipinski definition) is 7. The Balaban J connectivity index is 1.01. The zero-order valence-corrected chi connectivity index (χ0v) is 30.4. The Bertz CT molecular complexity index is 1720. The highest BCUT2D eigenvalue weighted by Gasteiger charge is 2.41. The molecular formula is C39H47ClFN3O6S. The van der Waals surface area contributed by atoms with E-state index in [2.05, 4.69) is 10.2 Å². The van der Waals surface area contributed by atoms with Gasteiger partial charge in [-0.2, -0.15) is 0 Å². The molecule has 274 valence electrons. The maximum Gasteiger partial charge on any atom is 0.306 e. The molecule has 0 bridgehead atoms. The number of rotatable bonds is 10. The summed E-state index contributed by atoms with van der Waals surface area (Å²) in [4.78, 5) is 43.0. The van der Waals surface area contributed by atoms with Crippen molar-refractivity contribution in [2.45, 2.75) is 82.4 Å². The molecule has 2 aliphatic heterocycles. The highest BCUT2D eigenvalue weighted by Crippen LogP contribution is 2.40. The molecule has 1 aromatic heterocycles. The van der Waals surface area contributed by atoms with Crippen molar-refractivity contribution in [3.8, 4) is 0 Å². The van der Waals surface area contributed by atoms with Crippen LogP contribution in [-0.2, 0) is 25.5 Å². The Morgan fingerprint density at radius 2 is 1.75 bits per heavy atom. The lowest BCUT2D eigenvalue weighted by atomic mass is 9.77. The van der Waals surface area contributed by atoms with Crippen LogP contribution in [0.15, 0.2) is 41.8 Å². The number of morpholine rings is 1. The van der Waals surface area contributed by atoms with Gasteiger partial charge in [0, 0.05) is 41.1 Å². The molecule has 12 heteroatoms. The van der Waals surface area contributed by atoms with Gasteiger partial charge in [0.05, 0.1) is 60.6 Å². The fraction of sp³-hybridized carbons (Fsp3) is 0.564. The molecule has 3 heterocycles. The van der Waals surface area contributed by atoms with E-state index >= 15 is 4.39 Å². The maximum absolute atomic E-state index is 15.6. The van der Waals surface area contributed by atoms with Gasteiger partial charge in [0.25, 0.3) is 5.91 Å². The summed E-state index contributed by atoms with van der Waals surface area (Å²) in [5.74, 6) is -1.34. The molecule has 0 radical (unpaired) electrons. The molecule has 9 nitrogen and oxygen atoms in total. The lowest BCUT2D eigenvalue weighted by Gasteiger charge is -2.40. The number of benzene rings is 2. The summed E-state index contributed by atoms with van der Waals surface area (Å²) in [6.07, 6.45) is 7.82. The first-order chi connectivity index (χ1) is 24.7. The largest absolute Gasteiger partial charge is 0.481 e. The predicted octanol–water partition coefficient (Wildman–Crippen LogP) is 7.26. The summed E-state index contributed by atoms with van der Waals surface area (Å²) in [6, 6.07) is 10.7. The maximum atomic E-state index is 15.6. The number of hydrogen-bond donors (Lipinski definition) is 2. The quantitative estimate of drug-likeness (QED) is 0.226. The zero-order valence-electron chi connectivity index (χ0n) is 28.9. The Kier molecular flexibility index (Phi) is 11.6. The number of amides is 2. The Morgan fingerprint density at radius 1 is 1.00 bits per heavy atom. The van der Waals surface area contributed by atoms with Crippen LogP contribution >= 0.6 is 22.9 Å². The molecule has 0 unspecified atom stereocenters. The number of nitrogens with one attached hydrogen (secondary N) is 1. The number of carbonyl (C=O) groups excluding carboxylic acids is 2. The van der Waals surface area contributed by atoms with Gasteiger partial charge in [0.1, 0.15) is 5.82 Å². The van der Waals surface area contributed by atoms with Crippen LogP contribution in [0.25, 0.3) is 10.1 Å². The summed E-state index contributed by atoms with van der Waals surface area (Å²) in [5, 5.41) is 14.9. The third-order valence-corrected chi connectivity index (χ3v) is 13.0. The minimum atomic E-state index is -0.744. The van der Waals surface area contributed by atoms with E-state index in [0.717, 1.165) is 68.5 Å². The smallest absolute Gasteiger partial charge is 0.306 e. The predicted molar refractivity (Wildman–Crippen MR) is 196 cm³/mol. The Hall–Kier alpha value is -3.09. The van der Waals surface area contributed by atoms with Gasteiger partial charge in [-0.15, -0.1) is 11.3 Å². The minimum absolute atomic E-state index is 0.0216. The van der Waals surface area contributed by atoms with Crippen molar-refractivity contribution in [3.63, 3.8) is 0 Å². The van der Waals surface area contributed by atoms with Gasteiger partial charge in [-0.05, 0) is 93.4 Å². The first-order valence-electron chi connectivity index (χ1n) is 18.4. The van der Waals surface area contributed by atoms with E-state index in [1.54, 1.807) is 5.38 Å². The number of halogens is 2. The second-order valence-electron chi connectivity index (χ2n) is 14.8. The number of fused-ring (bicyclic) bond motifs is 1. The van der Waals surface area contributed by atoms with Crippen molar-refractivity contribution in [2.24, 2.45) is 17.8 Å². The molecule has 2 aromatic carbocycles. The summed E-state index contributed by atoms with van der Waals surface area (Å²) in [5.41, 5.74) is 0.835. The van der Waals surface area contributed by atoms with Gasteiger partial charge in [0.2, 0.25) is 5.91 Å². The molecule has 2 amide bonds. The molecule has 2 aliphatic carbocycles. The summed E-state index contributed by atoms with van der Waals surface area (Å²) >= 11 is 8.05. The average Bonchev–Trinajstić information content (AvgIpc) is 3.79. The third-order valence-electron chi connectivity index (χ3n) is 11.7. The normalized spacial score (nSPS) is 27.5. The second-order valence-corrected chi connectivity index (χ2v) is 16.1. The molecule has 3 aromatic rings. The number of carboxylic acids is 1. The van der Waals surface area contributed by atoms with E-state index in [0.29, 0.717) is 62.3 Å². The minimum Gasteiger partial charge on any atom is -0.481 e. The summed E-state index contributed by atoms with van der Waals surface area (Å²) in [6.45, 7) is 4.59. The number of ether oxygens (including phenoxy) is 2. The van der Waals surface area contributed by atoms with Crippen LogP contribution < -0.4 is 5.32 Å². The highest BCUT2D eigenvalue weighted by atomic mass is 35.5. The van der Waals surface area contributed by atoms with Gasteiger partial charge in [-0.3, -0.25) is 19.3 Å². The molecular weight excluding hydrogens is 693 g/mol. The molecule has 0 spiro atoms. The summed E-state index contributed by atoms with van der Waals surface area (Å²) < 4.78 is 28.5. The SMILES string of the molecule is O=C(Nc1cc(F)c(CC(=O)N2C[C@@H](C3CCC(N4CCOCC4)CC3)C[C@H]2CO[C@H]2CC[C@H](C(=O)O)CC2)cc1Cl)c1csc2ccccc12. The number of likely N-dealkylation sites (tertiary alicyclic amines) is 1. The van der Waals surface area contributed by atoms with Gasteiger partial charge in [-0.25, -0.2) is 4.39 Å². The Labute approximate surface area is 307 Å². The fourth-order valence-electron chi connectivity index (χ4n) is 8.79. The van der Waals surface area contributed by atoms with Crippen LogP contribution in [-0.4, -0.2) is 90.3 Å². The Morgan fingerprint density at radius 3 is 2.49 bits per heavy atom. The number of thiophene rings is 1. The van der Waals surface area contributed by atoms with E-state index in [1.807, 2.05) is 29.2 Å². The lowest BCUT2D eigenvalue weighted by molar-refractivity contribution is -0.144. The molecule has 7 rings (SSSR count). The van der Waals surface area contributed by atoms with Gasteiger partial charge in [0.15, 0.2) is 0 Å². The average molecular weight is 740 g/mol. The van der Waals surface area contributed by atoms with Crippen molar-refractivity contribution in [1.82, 2.24) is 9.80 Å². The van der Waals surface area contributed by atoms with E-state index < -0.39 is 11.8 Å². The van der Waals surface area contributed by atoms with Crippen LogP contribution in [0.4, 0.5) is 10.1 Å². The summed E-state index contributed by atoms with van der Waals surface area (Å²) in [7, 11) is 0. The monoisotopic (exact) mass is 739 g/mol. The van der Waals surface area contributed by atoms with Crippen LogP contribution in [0.3, 0.4) is 0 Å². The first kappa shape index (κ1) is 36.3. The molecule has 2 atom stereocenters. The van der Waals surface area contributed by atoms with Crippen LogP contribution in [0.2, 0.25) is 5.02 Å². The topological polar surface area (TPSA) is 108 Å². The number of nitrogens with zero attached hydrogens (tertiary/aromatic N) is 2. The van der Waals surface area contributed by atoms with Gasteiger partial charge < -0.3 is 24.8 Å². The third kappa shape index (κ3) is 8.43. The molecule has 2 saturated heterocycles. The standard InChI is InChI=1S/C39H47ClFN3O6S/c40-33-18-26(34(41)20-35(33)42-38(46)32-23-51-36-4-2-1-3-31(32)36)19-37(45)44-21-27(24-5-9-28(10-6-24)43-13-15-49-16-14-43)17-29(44)22-50-30-11-7-25(8-12-30)39(47)48/h1-4,18,20,23-25,27-30H,5-17,19,21-22H2,(H,42,46)(H,47,48)/t24?,25-,27-,28?,29-,30-/m0/s1. The number of carbonyl (C=O) groups is 3. The number of anilines is 1. The highest BCUT2D eigenvalue weighted by molar-refractivity contribution is 7.17. The van der Waals surface area contributed by atoms with Crippen molar-refractivity contribution in [2.75, 3.05) is 44.8 Å². The molecule has 51 heavy (non-hydrogen) atoms. The fourth-order valence-corrected chi connectivity index (χ4v) is 9.96. The van der Waals surface area contributed by atoms with E-state index in [-0.39, 0.29) is 52.6 Å².